The van der Waals surface area contributed by atoms with E-state index >= 15 is 0 Å². The minimum atomic E-state index is -0.383. The predicted octanol–water partition coefficient (Wildman–Crippen LogP) is 2.70. The maximum Gasteiger partial charge on any atom is 0.308 e. The Labute approximate surface area is 97.8 Å². The number of hydrogen-bond donors (Lipinski definition) is 0. The average molecular weight is 226 g/mol. The molecule has 0 radical (unpaired) electrons. The molecule has 0 aliphatic carbocycles. The van der Waals surface area contributed by atoms with E-state index in [0.717, 1.165) is 19.4 Å². The molecule has 0 amide bonds. The minimum Gasteiger partial charge on any atom is -0.466 e. The molecular formula is C13H22O3. The van der Waals surface area contributed by atoms with Crippen molar-refractivity contribution in [3.63, 3.8) is 0 Å². The smallest absolute Gasteiger partial charge is 0.308 e. The van der Waals surface area contributed by atoms with Crippen LogP contribution in [-0.2, 0) is 14.3 Å². The Balaban J connectivity index is 2.70. The zero-order valence-electron chi connectivity index (χ0n) is 10.3. The lowest BCUT2D eigenvalue weighted by molar-refractivity contribution is -0.161. The van der Waals surface area contributed by atoms with Crippen molar-refractivity contribution >= 4 is 5.97 Å². The first-order valence-electron chi connectivity index (χ1n) is 6.05. The second kappa shape index (κ2) is 6.04. The number of carbonyl (C=O) groups is 1. The van der Waals surface area contributed by atoms with Gasteiger partial charge in [0, 0.05) is 6.61 Å². The summed E-state index contributed by atoms with van der Waals surface area (Å²) in [4.78, 5) is 11.6. The molecular weight excluding hydrogens is 204 g/mol. The lowest BCUT2D eigenvalue weighted by atomic mass is 9.78. The molecule has 0 aromatic heterocycles. The van der Waals surface area contributed by atoms with E-state index in [0.29, 0.717) is 25.4 Å². The lowest BCUT2D eigenvalue weighted by Gasteiger charge is -2.41. The van der Waals surface area contributed by atoms with Gasteiger partial charge in [0.25, 0.3) is 0 Å². The maximum atomic E-state index is 11.6. The summed E-state index contributed by atoms with van der Waals surface area (Å²) in [5, 5.41) is 0. The molecule has 1 aliphatic heterocycles. The summed E-state index contributed by atoms with van der Waals surface area (Å²) < 4.78 is 10.9. The number of carbonyl (C=O) groups excluding carboxylic acids is 1. The molecule has 0 bridgehead atoms. The third-order valence-corrected chi connectivity index (χ3v) is 3.31. The number of esters is 1. The van der Waals surface area contributed by atoms with E-state index in [1.165, 1.54) is 0 Å². The Kier molecular flexibility index (Phi) is 5.00. The third-order valence-electron chi connectivity index (χ3n) is 3.31. The summed E-state index contributed by atoms with van der Waals surface area (Å²) in [6.45, 7) is 8.88. The van der Waals surface area contributed by atoms with E-state index in [1.807, 2.05) is 13.0 Å². The summed E-state index contributed by atoms with van der Waals surface area (Å²) in [6.07, 6.45) is 5.07. The van der Waals surface area contributed by atoms with Gasteiger partial charge >= 0.3 is 5.97 Å². The Morgan fingerprint density at radius 1 is 1.69 bits per heavy atom. The molecule has 1 heterocycles. The molecule has 2 atom stereocenters. The lowest BCUT2D eigenvalue weighted by Crippen LogP contribution is -2.45. The van der Waals surface area contributed by atoms with Gasteiger partial charge in [-0.15, -0.1) is 6.58 Å². The van der Waals surface area contributed by atoms with Crippen LogP contribution in [0.25, 0.3) is 0 Å². The highest BCUT2D eigenvalue weighted by molar-refractivity contribution is 5.70. The van der Waals surface area contributed by atoms with Crippen LogP contribution in [0.5, 0.6) is 0 Å². The van der Waals surface area contributed by atoms with Gasteiger partial charge < -0.3 is 9.47 Å². The quantitative estimate of drug-likeness (QED) is 0.534. The topological polar surface area (TPSA) is 35.5 Å². The van der Waals surface area contributed by atoms with Crippen molar-refractivity contribution in [1.82, 2.24) is 0 Å². The van der Waals surface area contributed by atoms with Crippen LogP contribution in [0.15, 0.2) is 12.7 Å². The van der Waals surface area contributed by atoms with Crippen molar-refractivity contribution in [1.29, 1.82) is 0 Å². The van der Waals surface area contributed by atoms with Gasteiger partial charge in [0.1, 0.15) is 0 Å². The molecule has 0 aromatic carbocycles. The number of ether oxygens (including phenoxy) is 2. The molecule has 3 heteroatoms. The Hall–Kier alpha value is -0.830. The molecule has 0 N–H and O–H groups in total. The largest absolute Gasteiger partial charge is 0.466 e. The van der Waals surface area contributed by atoms with Crippen LogP contribution in [0.2, 0.25) is 0 Å². The summed E-state index contributed by atoms with van der Waals surface area (Å²) in [5.74, 6) is 0.210. The third kappa shape index (κ3) is 3.08. The SMILES string of the molecule is C=CC[C@@]1(CC(=O)OCC)OCCC[C@H]1C. The summed E-state index contributed by atoms with van der Waals surface area (Å²) in [7, 11) is 0. The molecule has 1 aliphatic rings. The van der Waals surface area contributed by atoms with Crippen molar-refractivity contribution in [2.45, 2.75) is 45.1 Å². The standard InChI is InChI=1S/C13H22O3/c1-4-8-13(10-12(14)15-5-2)11(3)7-6-9-16-13/h4,11H,1,5-10H2,2-3H3/t11-,13+/m1/s1. The van der Waals surface area contributed by atoms with Gasteiger partial charge in [-0.05, 0) is 32.1 Å². The van der Waals surface area contributed by atoms with E-state index in [4.69, 9.17) is 9.47 Å². The van der Waals surface area contributed by atoms with Crippen LogP contribution < -0.4 is 0 Å². The Bertz CT molecular complexity index is 250. The first-order valence-corrected chi connectivity index (χ1v) is 6.05. The monoisotopic (exact) mass is 226 g/mol. The highest BCUT2D eigenvalue weighted by atomic mass is 16.5. The highest BCUT2D eigenvalue weighted by Crippen LogP contribution is 2.37. The normalized spacial score (nSPS) is 29.8. The van der Waals surface area contributed by atoms with Gasteiger partial charge in [0.2, 0.25) is 0 Å². The number of rotatable bonds is 5. The van der Waals surface area contributed by atoms with Crippen molar-refractivity contribution in [2.75, 3.05) is 13.2 Å². The van der Waals surface area contributed by atoms with Gasteiger partial charge in [-0.25, -0.2) is 0 Å². The molecule has 1 rings (SSSR count). The summed E-state index contributed by atoms with van der Waals surface area (Å²) >= 11 is 0. The van der Waals surface area contributed by atoms with E-state index in [9.17, 15) is 4.79 Å². The van der Waals surface area contributed by atoms with Crippen LogP contribution in [0.3, 0.4) is 0 Å². The van der Waals surface area contributed by atoms with Crippen LogP contribution in [0, 0.1) is 5.92 Å². The van der Waals surface area contributed by atoms with Crippen molar-refractivity contribution in [3.05, 3.63) is 12.7 Å². The maximum absolute atomic E-state index is 11.6. The van der Waals surface area contributed by atoms with Crippen LogP contribution in [0.4, 0.5) is 0 Å². The molecule has 16 heavy (non-hydrogen) atoms. The number of hydrogen-bond acceptors (Lipinski definition) is 3. The Morgan fingerprint density at radius 2 is 2.44 bits per heavy atom. The van der Waals surface area contributed by atoms with Crippen molar-refractivity contribution in [3.8, 4) is 0 Å². The highest BCUT2D eigenvalue weighted by Gasteiger charge is 2.40. The fraction of sp³-hybridized carbons (Fsp3) is 0.769. The van der Waals surface area contributed by atoms with Gasteiger partial charge in [0.05, 0.1) is 18.6 Å². The molecule has 0 aromatic rings. The van der Waals surface area contributed by atoms with Gasteiger partial charge in [-0.3, -0.25) is 4.79 Å². The molecule has 1 fully saturated rings. The predicted molar refractivity (Wildman–Crippen MR) is 63.1 cm³/mol. The van der Waals surface area contributed by atoms with Gasteiger partial charge in [-0.1, -0.05) is 13.0 Å². The fourth-order valence-corrected chi connectivity index (χ4v) is 2.33. The van der Waals surface area contributed by atoms with Gasteiger partial charge in [0.15, 0.2) is 0 Å². The Morgan fingerprint density at radius 3 is 3.00 bits per heavy atom. The second-order valence-corrected chi connectivity index (χ2v) is 4.43. The zero-order valence-corrected chi connectivity index (χ0v) is 10.3. The first kappa shape index (κ1) is 13.2. The van der Waals surface area contributed by atoms with Crippen molar-refractivity contribution < 1.29 is 14.3 Å². The molecule has 92 valence electrons. The van der Waals surface area contributed by atoms with Crippen LogP contribution in [-0.4, -0.2) is 24.8 Å². The van der Waals surface area contributed by atoms with E-state index in [2.05, 4.69) is 13.5 Å². The zero-order chi connectivity index (χ0) is 12.0. The molecule has 0 unspecified atom stereocenters. The minimum absolute atomic E-state index is 0.168. The van der Waals surface area contributed by atoms with Crippen LogP contribution in [0.1, 0.15) is 39.5 Å². The summed E-state index contributed by atoms with van der Waals surface area (Å²) in [6, 6.07) is 0. The summed E-state index contributed by atoms with van der Waals surface area (Å²) in [5.41, 5.74) is -0.383. The average Bonchev–Trinajstić information content (AvgIpc) is 2.23. The van der Waals surface area contributed by atoms with Crippen LogP contribution >= 0.6 is 0 Å². The van der Waals surface area contributed by atoms with Gasteiger partial charge in [-0.2, -0.15) is 0 Å². The van der Waals surface area contributed by atoms with E-state index in [1.54, 1.807) is 0 Å². The van der Waals surface area contributed by atoms with E-state index < -0.39 is 0 Å². The second-order valence-electron chi connectivity index (χ2n) is 4.43. The fourth-order valence-electron chi connectivity index (χ4n) is 2.33. The first-order chi connectivity index (χ1) is 7.64. The molecule has 1 saturated heterocycles. The molecule has 0 saturated carbocycles. The van der Waals surface area contributed by atoms with E-state index in [-0.39, 0.29) is 11.6 Å². The molecule has 3 nitrogen and oxygen atoms in total. The molecule has 0 spiro atoms. The van der Waals surface area contributed by atoms with Crippen molar-refractivity contribution in [2.24, 2.45) is 5.92 Å².